The molecule has 30 heavy (non-hydrogen) atoms. The zero-order valence-corrected chi connectivity index (χ0v) is 17.2. The quantitative estimate of drug-likeness (QED) is 0.492. The monoisotopic (exact) mass is 434 g/mol. The maximum atomic E-state index is 12.8. The van der Waals surface area contributed by atoms with Gasteiger partial charge in [-0.2, -0.15) is 8.78 Å². The van der Waals surface area contributed by atoms with Crippen LogP contribution in [0.2, 0.25) is 0 Å². The Kier molecular flexibility index (Phi) is 7.18. The van der Waals surface area contributed by atoms with Crippen molar-refractivity contribution in [3.63, 3.8) is 0 Å². The van der Waals surface area contributed by atoms with E-state index >= 15 is 0 Å². The number of benzene rings is 2. The summed E-state index contributed by atoms with van der Waals surface area (Å²) < 4.78 is 40.1. The Morgan fingerprint density at radius 2 is 2.03 bits per heavy atom. The zero-order valence-electron chi connectivity index (χ0n) is 16.4. The maximum Gasteiger partial charge on any atom is 0.387 e. The summed E-state index contributed by atoms with van der Waals surface area (Å²) >= 11 is 1.49. The number of halogens is 2. The normalized spacial score (nSPS) is 10.7. The summed E-state index contributed by atoms with van der Waals surface area (Å²) in [7, 11) is 3.02. The first kappa shape index (κ1) is 21.5. The van der Waals surface area contributed by atoms with Gasteiger partial charge in [0.1, 0.15) is 12.4 Å². The number of alkyl halides is 2. The largest absolute Gasteiger partial charge is 0.493 e. The SMILES string of the molecule is COc1cc(CN(C)C(=O)c2cccc(OCc3cscn3)c2)ccc1OC(F)F. The van der Waals surface area contributed by atoms with Crippen LogP contribution in [-0.2, 0) is 13.2 Å². The molecule has 0 saturated carbocycles. The molecule has 1 heterocycles. The van der Waals surface area contributed by atoms with Crippen LogP contribution in [0.25, 0.3) is 0 Å². The van der Waals surface area contributed by atoms with E-state index in [0.717, 1.165) is 5.69 Å². The molecule has 0 N–H and O–H groups in total. The predicted octanol–water partition coefficient (Wildman–Crippen LogP) is 4.60. The van der Waals surface area contributed by atoms with Crippen LogP contribution in [0.3, 0.4) is 0 Å². The third kappa shape index (κ3) is 5.66. The number of hydrogen-bond acceptors (Lipinski definition) is 6. The summed E-state index contributed by atoms with van der Waals surface area (Å²) in [6.07, 6.45) is 0. The Labute approximate surface area is 176 Å². The first-order valence-electron chi connectivity index (χ1n) is 8.93. The summed E-state index contributed by atoms with van der Waals surface area (Å²) in [6, 6.07) is 11.5. The fraction of sp³-hybridized carbons (Fsp3) is 0.238. The fourth-order valence-electron chi connectivity index (χ4n) is 2.75. The molecule has 0 atom stereocenters. The second-order valence-corrected chi connectivity index (χ2v) is 7.04. The smallest absolute Gasteiger partial charge is 0.387 e. The fourth-order valence-corrected chi connectivity index (χ4v) is 3.30. The van der Waals surface area contributed by atoms with Gasteiger partial charge in [-0.3, -0.25) is 4.79 Å². The molecule has 0 fully saturated rings. The number of carbonyl (C=O) groups is 1. The molecule has 0 saturated heterocycles. The summed E-state index contributed by atoms with van der Waals surface area (Å²) in [6.45, 7) is -2.36. The first-order chi connectivity index (χ1) is 14.5. The van der Waals surface area contributed by atoms with E-state index in [1.807, 2.05) is 5.38 Å². The van der Waals surface area contributed by atoms with Gasteiger partial charge in [-0.05, 0) is 35.9 Å². The molecule has 0 aliphatic rings. The van der Waals surface area contributed by atoms with Gasteiger partial charge in [0, 0.05) is 24.5 Å². The lowest BCUT2D eigenvalue weighted by Gasteiger charge is -2.19. The number of thiazole rings is 1. The molecule has 2 aromatic carbocycles. The summed E-state index contributed by atoms with van der Waals surface area (Å²) in [5, 5.41) is 1.90. The second-order valence-electron chi connectivity index (χ2n) is 6.32. The van der Waals surface area contributed by atoms with Crippen LogP contribution in [0, 0.1) is 0 Å². The van der Waals surface area contributed by atoms with E-state index in [1.54, 1.807) is 49.0 Å². The first-order valence-corrected chi connectivity index (χ1v) is 9.87. The number of amides is 1. The molecule has 6 nitrogen and oxygen atoms in total. The Bertz CT molecular complexity index is 983. The van der Waals surface area contributed by atoms with Gasteiger partial charge in [-0.25, -0.2) is 4.98 Å². The van der Waals surface area contributed by atoms with Crippen LogP contribution in [-0.4, -0.2) is 36.6 Å². The molecule has 0 bridgehead atoms. The molecule has 0 unspecified atom stereocenters. The molecule has 0 aliphatic heterocycles. The van der Waals surface area contributed by atoms with Crippen molar-refractivity contribution in [1.29, 1.82) is 0 Å². The Morgan fingerprint density at radius 1 is 1.20 bits per heavy atom. The maximum absolute atomic E-state index is 12.8. The topological polar surface area (TPSA) is 60.9 Å². The number of ether oxygens (including phenoxy) is 3. The molecule has 0 aliphatic carbocycles. The molecule has 3 rings (SSSR count). The summed E-state index contributed by atoms with van der Waals surface area (Å²) in [5.74, 6) is 0.472. The Balaban J connectivity index is 1.66. The Hall–Kier alpha value is -3.20. The van der Waals surface area contributed by atoms with Crippen LogP contribution >= 0.6 is 11.3 Å². The molecular formula is C21H20F2N2O4S. The average Bonchev–Trinajstić information content (AvgIpc) is 3.26. The molecule has 0 radical (unpaired) electrons. The van der Waals surface area contributed by atoms with E-state index in [-0.39, 0.29) is 24.0 Å². The number of methoxy groups -OCH3 is 1. The van der Waals surface area contributed by atoms with Gasteiger partial charge in [0.05, 0.1) is 18.3 Å². The molecule has 0 spiro atoms. The highest BCUT2D eigenvalue weighted by atomic mass is 32.1. The number of aromatic nitrogens is 1. The lowest BCUT2D eigenvalue weighted by atomic mass is 10.1. The van der Waals surface area contributed by atoms with E-state index in [9.17, 15) is 13.6 Å². The van der Waals surface area contributed by atoms with Gasteiger partial charge in [0.25, 0.3) is 5.91 Å². The zero-order chi connectivity index (χ0) is 21.5. The minimum atomic E-state index is -2.95. The molecule has 1 aromatic heterocycles. The molecule has 158 valence electrons. The second kappa shape index (κ2) is 10.0. The van der Waals surface area contributed by atoms with E-state index < -0.39 is 6.61 Å². The van der Waals surface area contributed by atoms with Crippen LogP contribution in [0.4, 0.5) is 8.78 Å². The van der Waals surface area contributed by atoms with Crippen molar-refractivity contribution in [3.05, 3.63) is 70.2 Å². The van der Waals surface area contributed by atoms with Crippen molar-refractivity contribution >= 4 is 17.2 Å². The van der Waals surface area contributed by atoms with Gasteiger partial charge in [0.2, 0.25) is 0 Å². The van der Waals surface area contributed by atoms with Crippen molar-refractivity contribution in [3.8, 4) is 17.2 Å². The lowest BCUT2D eigenvalue weighted by Crippen LogP contribution is -2.26. The number of rotatable bonds is 9. The van der Waals surface area contributed by atoms with Gasteiger partial charge < -0.3 is 19.1 Å². The van der Waals surface area contributed by atoms with Crippen LogP contribution < -0.4 is 14.2 Å². The lowest BCUT2D eigenvalue weighted by molar-refractivity contribution is -0.0512. The Morgan fingerprint density at radius 3 is 2.73 bits per heavy atom. The standard InChI is InChI=1S/C21H20F2N2O4S/c1-25(10-14-6-7-18(29-21(22)23)19(8-14)27-2)20(26)15-4-3-5-17(9-15)28-11-16-12-30-13-24-16/h3-9,12-13,21H,10-11H2,1-2H3. The van der Waals surface area contributed by atoms with Crippen molar-refractivity contribution in [1.82, 2.24) is 9.88 Å². The van der Waals surface area contributed by atoms with Crippen molar-refractivity contribution in [2.75, 3.05) is 14.2 Å². The van der Waals surface area contributed by atoms with E-state index in [0.29, 0.717) is 23.5 Å². The summed E-state index contributed by atoms with van der Waals surface area (Å²) in [5.41, 5.74) is 3.73. The molecular weight excluding hydrogens is 414 g/mol. The van der Waals surface area contributed by atoms with Crippen molar-refractivity contribution < 1.29 is 27.8 Å². The predicted molar refractivity (Wildman–Crippen MR) is 108 cm³/mol. The minimum Gasteiger partial charge on any atom is -0.493 e. The van der Waals surface area contributed by atoms with Crippen molar-refractivity contribution in [2.24, 2.45) is 0 Å². The summed E-state index contributed by atoms with van der Waals surface area (Å²) in [4.78, 5) is 18.5. The highest BCUT2D eigenvalue weighted by Crippen LogP contribution is 2.30. The van der Waals surface area contributed by atoms with Gasteiger partial charge >= 0.3 is 6.61 Å². The van der Waals surface area contributed by atoms with Gasteiger partial charge in [-0.1, -0.05) is 12.1 Å². The van der Waals surface area contributed by atoms with Crippen LogP contribution in [0.15, 0.2) is 53.4 Å². The third-order valence-electron chi connectivity index (χ3n) is 4.16. The third-order valence-corrected chi connectivity index (χ3v) is 4.80. The average molecular weight is 434 g/mol. The molecule has 3 aromatic rings. The van der Waals surface area contributed by atoms with Gasteiger partial charge in [-0.15, -0.1) is 11.3 Å². The number of nitrogens with zero attached hydrogens (tertiary/aromatic N) is 2. The van der Waals surface area contributed by atoms with E-state index in [4.69, 9.17) is 9.47 Å². The van der Waals surface area contributed by atoms with Crippen molar-refractivity contribution in [2.45, 2.75) is 19.8 Å². The molecule has 1 amide bonds. The van der Waals surface area contributed by atoms with E-state index in [2.05, 4.69) is 9.72 Å². The van der Waals surface area contributed by atoms with Crippen LogP contribution in [0.5, 0.6) is 17.2 Å². The number of hydrogen-bond donors (Lipinski definition) is 0. The highest BCUT2D eigenvalue weighted by molar-refractivity contribution is 7.07. The van der Waals surface area contributed by atoms with Gasteiger partial charge in [0.15, 0.2) is 11.5 Å². The van der Waals surface area contributed by atoms with E-state index in [1.165, 1.54) is 29.4 Å². The van der Waals surface area contributed by atoms with Crippen LogP contribution in [0.1, 0.15) is 21.6 Å². The minimum absolute atomic E-state index is 0.0600. The highest BCUT2D eigenvalue weighted by Gasteiger charge is 2.16. The number of carbonyl (C=O) groups excluding carboxylic acids is 1. The molecule has 9 heteroatoms.